The Morgan fingerprint density at radius 2 is 1.91 bits per heavy atom. The normalized spacial score (nSPS) is 14.4. The zero-order chi connectivity index (χ0) is 15.6. The van der Waals surface area contributed by atoms with Gasteiger partial charge < -0.3 is 4.90 Å². The Kier molecular flexibility index (Phi) is 3.51. The van der Waals surface area contributed by atoms with Crippen LogP contribution in [0.4, 0.5) is 5.69 Å². The molecule has 0 saturated carbocycles. The fourth-order valence-electron chi connectivity index (χ4n) is 2.51. The van der Waals surface area contributed by atoms with E-state index in [1.165, 1.54) is 11.3 Å². The third-order valence-electron chi connectivity index (χ3n) is 3.66. The standard InChI is InChI=1S/C17H14N4OS/c22-16-15(10-13-6-4-5-9-18-13)23-17-19-11-20(12-21(16)17)14-7-2-1-3-8-14/h1-10H,11-12H2. The molecule has 6 heteroatoms. The maximum atomic E-state index is 12.6. The van der Waals surface area contributed by atoms with Crippen LogP contribution in [-0.2, 0) is 6.67 Å². The van der Waals surface area contributed by atoms with E-state index in [4.69, 9.17) is 0 Å². The largest absolute Gasteiger partial charge is 0.334 e. The van der Waals surface area contributed by atoms with Crippen molar-refractivity contribution < 1.29 is 0 Å². The van der Waals surface area contributed by atoms with Crippen LogP contribution < -0.4 is 19.8 Å². The average molecular weight is 322 g/mol. The second kappa shape index (κ2) is 5.81. The molecule has 0 aliphatic carbocycles. The van der Waals surface area contributed by atoms with E-state index in [1.54, 1.807) is 10.8 Å². The van der Waals surface area contributed by atoms with Gasteiger partial charge in [0.15, 0.2) is 4.80 Å². The molecule has 23 heavy (non-hydrogen) atoms. The number of rotatable bonds is 2. The summed E-state index contributed by atoms with van der Waals surface area (Å²) in [5.41, 5.74) is 1.83. The number of aromatic nitrogens is 2. The van der Waals surface area contributed by atoms with Gasteiger partial charge in [0.1, 0.15) is 13.3 Å². The molecule has 0 atom stereocenters. The van der Waals surface area contributed by atoms with Crippen LogP contribution in [0.1, 0.15) is 5.69 Å². The van der Waals surface area contributed by atoms with Gasteiger partial charge in [-0.1, -0.05) is 35.6 Å². The van der Waals surface area contributed by atoms with Gasteiger partial charge in [-0.05, 0) is 30.3 Å². The summed E-state index contributed by atoms with van der Waals surface area (Å²) in [7, 11) is 0. The van der Waals surface area contributed by atoms with Crippen LogP contribution in [0.15, 0.2) is 64.5 Å². The Balaban J connectivity index is 1.74. The Morgan fingerprint density at radius 3 is 2.70 bits per heavy atom. The summed E-state index contributed by atoms with van der Waals surface area (Å²) in [6.45, 7) is 1.08. The molecule has 5 nitrogen and oxygen atoms in total. The summed E-state index contributed by atoms with van der Waals surface area (Å²) < 4.78 is 2.38. The number of para-hydroxylation sites is 1. The molecule has 3 aromatic rings. The number of thiazole rings is 1. The smallest absolute Gasteiger partial charge is 0.271 e. The highest BCUT2D eigenvalue weighted by Crippen LogP contribution is 2.14. The van der Waals surface area contributed by atoms with Gasteiger partial charge in [0.05, 0.1) is 10.2 Å². The minimum absolute atomic E-state index is 0.0139. The molecule has 2 aromatic heterocycles. The predicted octanol–water partition coefficient (Wildman–Crippen LogP) is 1.19. The second-order valence-electron chi connectivity index (χ2n) is 5.20. The maximum absolute atomic E-state index is 12.6. The molecule has 1 aromatic carbocycles. The summed E-state index contributed by atoms with van der Waals surface area (Å²) in [6, 6.07) is 15.7. The minimum Gasteiger partial charge on any atom is -0.334 e. The van der Waals surface area contributed by atoms with E-state index in [2.05, 4.69) is 14.9 Å². The van der Waals surface area contributed by atoms with Crippen molar-refractivity contribution in [1.29, 1.82) is 0 Å². The molecule has 0 N–H and O–H groups in total. The summed E-state index contributed by atoms with van der Waals surface area (Å²) in [5, 5.41) is 0. The molecular weight excluding hydrogens is 308 g/mol. The molecule has 0 unspecified atom stereocenters. The molecule has 0 fully saturated rings. The number of hydrogen-bond acceptors (Lipinski definition) is 5. The lowest BCUT2D eigenvalue weighted by molar-refractivity contribution is 0.569. The number of benzene rings is 1. The SMILES string of the molecule is O=c1c(=Cc2ccccn2)sc2n1CN(c1ccccc1)CN=2. The van der Waals surface area contributed by atoms with E-state index in [0.29, 0.717) is 17.9 Å². The number of hydrogen-bond donors (Lipinski definition) is 0. The van der Waals surface area contributed by atoms with Crippen molar-refractivity contribution in [3.8, 4) is 0 Å². The summed E-state index contributed by atoms with van der Waals surface area (Å²) >= 11 is 1.42. The lowest BCUT2D eigenvalue weighted by Gasteiger charge is -2.25. The first-order valence-corrected chi connectivity index (χ1v) is 8.10. The van der Waals surface area contributed by atoms with Crippen molar-refractivity contribution in [3.05, 3.63) is 80.1 Å². The molecular formula is C17H14N4OS. The number of anilines is 1. The number of pyridine rings is 1. The lowest BCUT2D eigenvalue weighted by Crippen LogP contribution is -2.42. The first-order valence-electron chi connectivity index (χ1n) is 7.28. The molecule has 0 radical (unpaired) electrons. The molecule has 4 rings (SSSR count). The van der Waals surface area contributed by atoms with Crippen LogP contribution in [0.5, 0.6) is 0 Å². The quantitative estimate of drug-likeness (QED) is 0.712. The summed E-state index contributed by atoms with van der Waals surface area (Å²) in [6.07, 6.45) is 3.54. The van der Waals surface area contributed by atoms with Crippen molar-refractivity contribution in [2.45, 2.75) is 6.67 Å². The van der Waals surface area contributed by atoms with E-state index in [9.17, 15) is 4.79 Å². The van der Waals surface area contributed by atoms with Crippen LogP contribution in [0, 0.1) is 0 Å². The highest BCUT2D eigenvalue weighted by Gasteiger charge is 2.15. The predicted molar refractivity (Wildman–Crippen MR) is 91.0 cm³/mol. The Hall–Kier alpha value is -2.73. The van der Waals surface area contributed by atoms with Crippen molar-refractivity contribution in [3.63, 3.8) is 0 Å². The van der Waals surface area contributed by atoms with Crippen molar-refractivity contribution >= 4 is 23.1 Å². The first-order chi connectivity index (χ1) is 11.3. The van der Waals surface area contributed by atoms with Crippen LogP contribution in [0.25, 0.3) is 6.08 Å². The van der Waals surface area contributed by atoms with Gasteiger partial charge in [-0.25, -0.2) is 4.99 Å². The van der Waals surface area contributed by atoms with Gasteiger partial charge in [-0.3, -0.25) is 14.3 Å². The van der Waals surface area contributed by atoms with Gasteiger partial charge in [0, 0.05) is 11.9 Å². The van der Waals surface area contributed by atoms with E-state index >= 15 is 0 Å². The molecule has 0 amide bonds. The Labute approximate surface area is 136 Å². The Bertz CT molecular complexity index is 993. The Morgan fingerprint density at radius 1 is 1.09 bits per heavy atom. The first kappa shape index (κ1) is 13.9. The third-order valence-corrected chi connectivity index (χ3v) is 4.71. The average Bonchev–Trinajstić information content (AvgIpc) is 2.92. The summed E-state index contributed by atoms with van der Waals surface area (Å²) in [5.74, 6) is 0. The van der Waals surface area contributed by atoms with E-state index in [0.717, 1.165) is 16.2 Å². The fraction of sp³-hybridized carbons (Fsp3) is 0.118. The number of fused-ring (bicyclic) bond motifs is 1. The lowest BCUT2D eigenvalue weighted by atomic mass is 10.3. The third kappa shape index (κ3) is 2.68. The molecule has 0 spiro atoms. The van der Waals surface area contributed by atoms with Gasteiger partial charge in [-0.15, -0.1) is 0 Å². The molecule has 1 aliphatic rings. The van der Waals surface area contributed by atoms with Crippen molar-refractivity contribution in [1.82, 2.24) is 9.55 Å². The van der Waals surface area contributed by atoms with Crippen LogP contribution in [-0.4, -0.2) is 16.2 Å². The van der Waals surface area contributed by atoms with E-state index in [1.807, 2.05) is 54.6 Å². The molecule has 0 saturated heterocycles. The molecule has 0 bridgehead atoms. The minimum atomic E-state index is -0.0139. The topological polar surface area (TPSA) is 50.5 Å². The molecule has 3 heterocycles. The summed E-state index contributed by atoms with van der Waals surface area (Å²) in [4.78, 5) is 24.3. The van der Waals surface area contributed by atoms with Crippen molar-refractivity contribution in [2.24, 2.45) is 4.99 Å². The van der Waals surface area contributed by atoms with Crippen LogP contribution in [0.3, 0.4) is 0 Å². The monoisotopic (exact) mass is 322 g/mol. The second-order valence-corrected chi connectivity index (χ2v) is 6.21. The maximum Gasteiger partial charge on any atom is 0.271 e. The highest BCUT2D eigenvalue weighted by atomic mass is 32.1. The molecule has 1 aliphatic heterocycles. The van der Waals surface area contributed by atoms with Crippen LogP contribution >= 0.6 is 11.3 Å². The number of nitrogens with zero attached hydrogens (tertiary/aromatic N) is 4. The van der Waals surface area contributed by atoms with Crippen LogP contribution in [0.2, 0.25) is 0 Å². The van der Waals surface area contributed by atoms with Gasteiger partial charge in [0.25, 0.3) is 5.56 Å². The highest BCUT2D eigenvalue weighted by molar-refractivity contribution is 7.07. The molecule has 114 valence electrons. The van der Waals surface area contributed by atoms with Gasteiger partial charge in [-0.2, -0.15) is 0 Å². The van der Waals surface area contributed by atoms with E-state index < -0.39 is 0 Å². The zero-order valence-corrected chi connectivity index (χ0v) is 13.1. The van der Waals surface area contributed by atoms with E-state index in [-0.39, 0.29) is 5.56 Å². The van der Waals surface area contributed by atoms with Gasteiger partial charge in [0.2, 0.25) is 0 Å². The fourth-order valence-corrected chi connectivity index (χ4v) is 3.46. The zero-order valence-electron chi connectivity index (χ0n) is 12.3. The van der Waals surface area contributed by atoms with Gasteiger partial charge >= 0.3 is 0 Å². The van der Waals surface area contributed by atoms with Crippen molar-refractivity contribution in [2.75, 3.05) is 11.6 Å².